The van der Waals surface area contributed by atoms with E-state index in [1.54, 1.807) is 18.4 Å². The zero-order valence-corrected chi connectivity index (χ0v) is 19.1. The van der Waals surface area contributed by atoms with Gasteiger partial charge in [0.1, 0.15) is 10.7 Å². The number of aromatic nitrogens is 2. The second kappa shape index (κ2) is 9.09. The van der Waals surface area contributed by atoms with Crippen LogP contribution >= 0.6 is 23.1 Å². The van der Waals surface area contributed by atoms with E-state index >= 15 is 0 Å². The number of amides is 2. The van der Waals surface area contributed by atoms with E-state index in [0.29, 0.717) is 37.5 Å². The average molecular weight is 449 g/mol. The fourth-order valence-electron chi connectivity index (χ4n) is 4.38. The van der Waals surface area contributed by atoms with Crippen LogP contribution in [-0.2, 0) is 28.2 Å². The quantitative estimate of drug-likeness (QED) is 0.733. The van der Waals surface area contributed by atoms with Gasteiger partial charge in [-0.3, -0.25) is 14.4 Å². The minimum atomic E-state index is -0.223. The third-order valence-corrected chi connectivity index (χ3v) is 8.44. The molecule has 4 rings (SSSR count). The molecule has 162 valence electrons. The van der Waals surface area contributed by atoms with Gasteiger partial charge in [0.05, 0.1) is 16.4 Å². The summed E-state index contributed by atoms with van der Waals surface area (Å²) in [5.74, 6) is 1.28. The van der Waals surface area contributed by atoms with Crippen LogP contribution < -0.4 is 10.9 Å². The molecule has 2 aliphatic rings. The van der Waals surface area contributed by atoms with Crippen molar-refractivity contribution < 1.29 is 9.59 Å². The van der Waals surface area contributed by atoms with Crippen molar-refractivity contribution in [3.8, 4) is 0 Å². The maximum absolute atomic E-state index is 12.8. The van der Waals surface area contributed by atoms with E-state index in [1.165, 1.54) is 28.6 Å². The van der Waals surface area contributed by atoms with Gasteiger partial charge in [-0.15, -0.1) is 23.1 Å². The molecule has 0 aromatic carbocycles. The normalized spacial score (nSPS) is 18.3. The van der Waals surface area contributed by atoms with Crippen LogP contribution in [0.15, 0.2) is 4.79 Å². The Bertz CT molecular complexity index is 1010. The lowest BCUT2D eigenvalue weighted by atomic mass is 9.96. The van der Waals surface area contributed by atoms with Crippen molar-refractivity contribution in [2.45, 2.75) is 56.5 Å². The smallest absolute Gasteiger partial charge is 0.259 e. The Morgan fingerprint density at radius 2 is 2.03 bits per heavy atom. The first-order chi connectivity index (χ1) is 14.5. The Morgan fingerprint density at radius 3 is 2.77 bits per heavy atom. The molecule has 1 aliphatic heterocycles. The number of nitrogens with one attached hydrogen (secondary N) is 2. The van der Waals surface area contributed by atoms with Gasteiger partial charge in [-0.25, -0.2) is 4.98 Å². The first kappa shape index (κ1) is 21.4. The summed E-state index contributed by atoms with van der Waals surface area (Å²) in [6, 6.07) is 0. The zero-order chi connectivity index (χ0) is 21.3. The Kier molecular flexibility index (Phi) is 6.48. The van der Waals surface area contributed by atoms with Crippen LogP contribution in [0.3, 0.4) is 0 Å². The summed E-state index contributed by atoms with van der Waals surface area (Å²) in [4.78, 5) is 48.8. The highest BCUT2D eigenvalue weighted by Crippen LogP contribution is 2.33. The highest BCUT2D eigenvalue weighted by molar-refractivity contribution is 7.99. The van der Waals surface area contributed by atoms with Gasteiger partial charge in [0.15, 0.2) is 0 Å². The van der Waals surface area contributed by atoms with Crippen LogP contribution in [0.25, 0.3) is 10.2 Å². The predicted octanol–water partition coefficient (Wildman–Crippen LogP) is 2.47. The minimum absolute atomic E-state index is 0.000341. The first-order valence-corrected chi connectivity index (χ1v) is 12.5. The third-order valence-electron chi connectivity index (χ3n) is 6.12. The predicted molar refractivity (Wildman–Crippen MR) is 121 cm³/mol. The molecule has 0 radical (unpaired) electrons. The van der Waals surface area contributed by atoms with Crippen LogP contribution in [0.1, 0.15) is 48.9 Å². The monoisotopic (exact) mass is 448 g/mol. The summed E-state index contributed by atoms with van der Waals surface area (Å²) >= 11 is 3.14. The van der Waals surface area contributed by atoms with E-state index in [9.17, 15) is 14.4 Å². The molecule has 1 saturated heterocycles. The highest BCUT2D eigenvalue weighted by Gasteiger charge is 2.29. The molecule has 3 heterocycles. The zero-order valence-electron chi connectivity index (χ0n) is 17.5. The Balaban J connectivity index is 1.37. The van der Waals surface area contributed by atoms with Crippen molar-refractivity contribution in [3.63, 3.8) is 0 Å². The van der Waals surface area contributed by atoms with E-state index in [2.05, 4.69) is 10.3 Å². The Labute approximate surface area is 184 Å². The van der Waals surface area contributed by atoms with E-state index in [0.717, 1.165) is 29.5 Å². The van der Waals surface area contributed by atoms with Crippen LogP contribution in [0, 0.1) is 5.92 Å². The van der Waals surface area contributed by atoms with Crippen molar-refractivity contribution in [2.24, 2.45) is 5.92 Å². The number of H-pyrrole nitrogens is 1. The fraction of sp³-hybridized carbons (Fsp3) is 0.619. The molecule has 2 aromatic rings. The van der Waals surface area contributed by atoms with Crippen molar-refractivity contribution in [1.29, 1.82) is 0 Å². The number of carbonyl (C=O) groups is 2. The van der Waals surface area contributed by atoms with E-state index in [1.807, 2.05) is 11.8 Å². The number of thiophene rings is 1. The highest BCUT2D eigenvalue weighted by atomic mass is 32.2. The van der Waals surface area contributed by atoms with Crippen LogP contribution in [0.4, 0.5) is 0 Å². The molecule has 1 fully saturated rings. The number of hydrogen-bond donors (Lipinski definition) is 2. The van der Waals surface area contributed by atoms with Gasteiger partial charge < -0.3 is 15.2 Å². The van der Waals surface area contributed by atoms with E-state index < -0.39 is 0 Å². The van der Waals surface area contributed by atoms with Gasteiger partial charge in [-0.2, -0.15) is 0 Å². The standard InChI is InChI=1S/C21H28N4O3S2/c1-12(21(28)25-9-7-13(8-10-25)18(26)22-2)29-11-16-23-19(27)17-14-5-3-4-6-15(14)30-20(17)24-16/h12-13H,3-11H2,1-2H3,(H,22,26)(H,23,24,27)/t12-/m0/s1. The van der Waals surface area contributed by atoms with Gasteiger partial charge in [0.25, 0.3) is 5.56 Å². The van der Waals surface area contributed by atoms with Crippen LogP contribution in [0.5, 0.6) is 0 Å². The molecule has 30 heavy (non-hydrogen) atoms. The first-order valence-electron chi connectivity index (χ1n) is 10.6. The lowest BCUT2D eigenvalue weighted by Crippen LogP contribution is -2.45. The number of piperidine rings is 1. The molecule has 0 saturated carbocycles. The van der Waals surface area contributed by atoms with Crippen molar-refractivity contribution >= 4 is 45.1 Å². The number of aromatic amines is 1. The molecule has 0 spiro atoms. The summed E-state index contributed by atoms with van der Waals surface area (Å²) in [6.45, 7) is 3.13. The van der Waals surface area contributed by atoms with E-state index in [-0.39, 0.29) is 28.5 Å². The molecule has 2 N–H and O–H groups in total. The van der Waals surface area contributed by atoms with Gasteiger partial charge in [0, 0.05) is 30.9 Å². The SMILES string of the molecule is CNC(=O)C1CCN(C(=O)[C@H](C)SCc2nc3sc4c(c3c(=O)[nH]2)CCCC4)CC1. The molecule has 0 unspecified atom stereocenters. The number of thioether (sulfide) groups is 1. The number of rotatable bonds is 5. The largest absolute Gasteiger partial charge is 0.359 e. The fourth-order valence-corrected chi connectivity index (χ4v) is 6.49. The number of nitrogens with zero attached hydrogens (tertiary/aromatic N) is 2. The molecular formula is C21H28N4O3S2. The topological polar surface area (TPSA) is 95.2 Å². The number of fused-ring (bicyclic) bond motifs is 3. The van der Waals surface area contributed by atoms with Crippen LogP contribution in [-0.4, -0.2) is 52.1 Å². The molecule has 9 heteroatoms. The minimum Gasteiger partial charge on any atom is -0.359 e. The second-order valence-corrected chi connectivity index (χ2v) is 10.5. The molecule has 2 amide bonds. The number of hydrogen-bond acceptors (Lipinski definition) is 6. The average Bonchev–Trinajstić information content (AvgIpc) is 3.15. The molecule has 2 aromatic heterocycles. The molecule has 0 bridgehead atoms. The second-order valence-electron chi connectivity index (χ2n) is 8.07. The van der Waals surface area contributed by atoms with Gasteiger partial charge in [-0.05, 0) is 51.0 Å². The number of carbonyl (C=O) groups excluding carboxylic acids is 2. The maximum Gasteiger partial charge on any atom is 0.259 e. The number of aryl methyl sites for hydroxylation is 2. The summed E-state index contributed by atoms with van der Waals surface area (Å²) < 4.78 is 0. The maximum atomic E-state index is 12.8. The molecule has 1 atom stereocenters. The summed E-state index contributed by atoms with van der Waals surface area (Å²) in [7, 11) is 1.65. The summed E-state index contributed by atoms with van der Waals surface area (Å²) in [5.41, 5.74) is 1.14. The lowest BCUT2D eigenvalue weighted by molar-refractivity contribution is -0.134. The Hall–Kier alpha value is -1.87. The molecular weight excluding hydrogens is 420 g/mol. The van der Waals surface area contributed by atoms with Crippen molar-refractivity contribution in [3.05, 3.63) is 26.6 Å². The Morgan fingerprint density at radius 1 is 1.30 bits per heavy atom. The number of likely N-dealkylation sites (tertiary alicyclic amines) is 1. The summed E-state index contributed by atoms with van der Waals surface area (Å²) in [5, 5.41) is 3.24. The van der Waals surface area contributed by atoms with Gasteiger partial charge >= 0.3 is 0 Å². The molecule has 1 aliphatic carbocycles. The lowest BCUT2D eigenvalue weighted by Gasteiger charge is -2.32. The van der Waals surface area contributed by atoms with Crippen LogP contribution in [0.2, 0.25) is 0 Å². The molecule has 7 nitrogen and oxygen atoms in total. The van der Waals surface area contributed by atoms with Crippen molar-refractivity contribution in [1.82, 2.24) is 20.2 Å². The van der Waals surface area contributed by atoms with E-state index in [4.69, 9.17) is 4.98 Å². The van der Waals surface area contributed by atoms with Gasteiger partial charge in [-0.1, -0.05) is 0 Å². The van der Waals surface area contributed by atoms with Crippen molar-refractivity contribution in [2.75, 3.05) is 20.1 Å². The van der Waals surface area contributed by atoms with Gasteiger partial charge in [0.2, 0.25) is 11.8 Å². The third kappa shape index (κ3) is 4.27. The summed E-state index contributed by atoms with van der Waals surface area (Å²) in [6.07, 6.45) is 5.74.